The van der Waals surface area contributed by atoms with Gasteiger partial charge in [0.05, 0.1) is 19.8 Å². The van der Waals surface area contributed by atoms with Crippen molar-refractivity contribution in [3.8, 4) is 0 Å². The third-order valence-corrected chi connectivity index (χ3v) is 5.10. The number of aliphatic hydroxyl groups excluding tert-OH is 1. The molecule has 0 spiro atoms. The normalized spacial score (nSPS) is 38.0. The molecule has 4 aliphatic carbocycles. The molecule has 0 heterocycles. The van der Waals surface area contributed by atoms with Crippen molar-refractivity contribution in [1.29, 1.82) is 0 Å². The highest BCUT2D eigenvalue weighted by atomic mass is 16.6. The van der Waals surface area contributed by atoms with Crippen molar-refractivity contribution in [3.05, 3.63) is 0 Å². The number of hydrogen-bond acceptors (Lipinski definition) is 4. The third kappa shape index (κ3) is 3.09. The predicted octanol–water partition coefficient (Wildman–Crippen LogP) is 1.69. The van der Waals surface area contributed by atoms with Crippen molar-refractivity contribution in [2.75, 3.05) is 26.4 Å². The average molecular weight is 283 g/mol. The minimum absolute atomic E-state index is 0.000523. The Balaban J connectivity index is 1.44. The Kier molecular flexibility index (Phi) is 4.17. The summed E-state index contributed by atoms with van der Waals surface area (Å²) in [5.74, 6) is 2.44. The molecule has 1 amide bonds. The zero-order valence-corrected chi connectivity index (χ0v) is 12.0. The lowest BCUT2D eigenvalue weighted by Gasteiger charge is -2.56. The summed E-state index contributed by atoms with van der Waals surface area (Å²) in [6, 6.07) is 0. The molecule has 0 aromatic heterocycles. The Bertz CT molecular complexity index is 322. The smallest absolute Gasteiger partial charge is 0.407 e. The topological polar surface area (TPSA) is 67.8 Å². The lowest BCUT2D eigenvalue weighted by Crippen LogP contribution is -2.59. The van der Waals surface area contributed by atoms with E-state index in [0.717, 1.165) is 37.0 Å². The molecule has 0 aromatic rings. The van der Waals surface area contributed by atoms with Crippen LogP contribution in [0.1, 0.15) is 38.5 Å². The Morgan fingerprint density at radius 3 is 2.20 bits per heavy atom. The highest BCUT2D eigenvalue weighted by Crippen LogP contribution is 2.55. The summed E-state index contributed by atoms with van der Waals surface area (Å²) in [5, 5.41) is 11.7. The zero-order chi connectivity index (χ0) is 14.0. The monoisotopic (exact) mass is 283 g/mol. The second-order valence-electron chi connectivity index (χ2n) is 6.79. The minimum Gasteiger partial charge on any atom is -0.447 e. The van der Waals surface area contributed by atoms with Gasteiger partial charge in [0, 0.05) is 5.54 Å². The van der Waals surface area contributed by atoms with Gasteiger partial charge in [0.25, 0.3) is 0 Å². The van der Waals surface area contributed by atoms with Crippen LogP contribution in [-0.2, 0) is 9.47 Å². The summed E-state index contributed by atoms with van der Waals surface area (Å²) in [6.45, 7) is 0.881. The molecule has 0 aromatic carbocycles. The van der Waals surface area contributed by atoms with Gasteiger partial charge in [-0.2, -0.15) is 0 Å². The van der Waals surface area contributed by atoms with Crippen LogP contribution in [0.3, 0.4) is 0 Å². The minimum atomic E-state index is -0.306. The number of ether oxygens (including phenoxy) is 2. The van der Waals surface area contributed by atoms with E-state index < -0.39 is 0 Å². The number of aliphatic hydroxyl groups is 1. The van der Waals surface area contributed by atoms with E-state index in [4.69, 9.17) is 14.6 Å². The lowest BCUT2D eigenvalue weighted by molar-refractivity contribution is -0.0210. The fourth-order valence-corrected chi connectivity index (χ4v) is 4.88. The van der Waals surface area contributed by atoms with Crippen LogP contribution in [0.15, 0.2) is 0 Å². The molecule has 5 nitrogen and oxygen atoms in total. The predicted molar refractivity (Wildman–Crippen MR) is 73.3 cm³/mol. The molecule has 4 saturated carbocycles. The van der Waals surface area contributed by atoms with Gasteiger partial charge in [-0.1, -0.05) is 0 Å². The van der Waals surface area contributed by atoms with Gasteiger partial charge in [-0.3, -0.25) is 0 Å². The van der Waals surface area contributed by atoms with Crippen molar-refractivity contribution >= 4 is 6.09 Å². The fraction of sp³-hybridized carbons (Fsp3) is 0.933. The molecule has 4 fully saturated rings. The third-order valence-electron chi connectivity index (χ3n) is 5.10. The standard InChI is InChI=1S/C15H25NO4/c17-1-2-19-3-4-20-14(18)16-15-8-11-5-12(9-15)7-13(6-11)10-15/h11-13,17H,1-10H2,(H,16,18). The number of amides is 1. The first-order valence-electron chi connectivity index (χ1n) is 7.83. The molecular formula is C15H25NO4. The van der Waals surface area contributed by atoms with Gasteiger partial charge in [-0.05, 0) is 56.3 Å². The van der Waals surface area contributed by atoms with Gasteiger partial charge >= 0.3 is 6.09 Å². The molecule has 0 radical (unpaired) electrons. The highest BCUT2D eigenvalue weighted by Gasteiger charge is 2.51. The van der Waals surface area contributed by atoms with E-state index in [9.17, 15) is 4.79 Å². The molecule has 0 aliphatic heterocycles. The number of nitrogens with one attached hydrogen (secondary N) is 1. The summed E-state index contributed by atoms with van der Waals surface area (Å²) in [7, 11) is 0. The molecule has 4 rings (SSSR count). The first kappa shape index (κ1) is 14.1. The first-order valence-corrected chi connectivity index (χ1v) is 7.83. The quantitative estimate of drug-likeness (QED) is 0.728. The fourth-order valence-electron chi connectivity index (χ4n) is 4.88. The summed E-state index contributed by atoms with van der Waals surface area (Å²) in [5.41, 5.74) is 0.0117. The van der Waals surface area contributed by atoms with E-state index in [-0.39, 0.29) is 24.8 Å². The summed E-state index contributed by atoms with van der Waals surface area (Å²) in [4.78, 5) is 11.9. The number of rotatable bonds is 6. The first-order chi connectivity index (χ1) is 9.69. The Hall–Kier alpha value is -0.810. The summed E-state index contributed by atoms with van der Waals surface area (Å²) in [6.07, 6.45) is 7.19. The van der Waals surface area contributed by atoms with Gasteiger partial charge in [-0.15, -0.1) is 0 Å². The van der Waals surface area contributed by atoms with Crippen LogP contribution in [0.5, 0.6) is 0 Å². The molecule has 5 heteroatoms. The number of alkyl carbamates (subject to hydrolysis) is 1. The van der Waals surface area contributed by atoms with E-state index in [1.165, 1.54) is 19.3 Å². The van der Waals surface area contributed by atoms with Gasteiger partial charge in [0.2, 0.25) is 0 Å². The summed E-state index contributed by atoms with van der Waals surface area (Å²) >= 11 is 0. The molecule has 0 atom stereocenters. The van der Waals surface area contributed by atoms with Crippen LogP contribution in [0.2, 0.25) is 0 Å². The van der Waals surface area contributed by atoms with Crippen LogP contribution in [-0.4, -0.2) is 43.2 Å². The van der Waals surface area contributed by atoms with Crippen LogP contribution in [0.25, 0.3) is 0 Å². The lowest BCUT2D eigenvalue weighted by atomic mass is 9.53. The van der Waals surface area contributed by atoms with Crippen molar-refractivity contribution in [3.63, 3.8) is 0 Å². The van der Waals surface area contributed by atoms with Crippen LogP contribution >= 0.6 is 0 Å². The van der Waals surface area contributed by atoms with Gasteiger partial charge in [0.1, 0.15) is 6.61 Å². The van der Waals surface area contributed by atoms with E-state index >= 15 is 0 Å². The molecule has 20 heavy (non-hydrogen) atoms. The Morgan fingerprint density at radius 2 is 1.65 bits per heavy atom. The number of carbonyl (C=O) groups is 1. The zero-order valence-electron chi connectivity index (χ0n) is 12.0. The maximum Gasteiger partial charge on any atom is 0.407 e. The largest absolute Gasteiger partial charge is 0.447 e. The van der Waals surface area contributed by atoms with Crippen molar-refractivity contribution in [2.24, 2.45) is 17.8 Å². The molecule has 0 saturated heterocycles. The molecule has 4 aliphatic rings. The Labute approximate surface area is 120 Å². The van der Waals surface area contributed by atoms with Crippen LogP contribution in [0.4, 0.5) is 4.79 Å². The highest BCUT2D eigenvalue weighted by molar-refractivity contribution is 5.68. The maximum absolute atomic E-state index is 11.9. The van der Waals surface area contributed by atoms with Crippen molar-refractivity contribution < 1.29 is 19.4 Å². The van der Waals surface area contributed by atoms with Crippen LogP contribution < -0.4 is 5.32 Å². The summed E-state index contributed by atoms with van der Waals surface area (Å²) < 4.78 is 10.2. The average Bonchev–Trinajstić information content (AvgIpc) is 2.36. The van der Waals surface area contributed by atoms with Gasteiger partial charge in [0.15, 0.2) is 0 Å². The van der Waals surface area contributed by atoms with Crippen LogP contribution in [0, 0.1) is 17.8 Å². The second kappa shape index (κ2) is 5.90. The van der Waals surface area contributed by atoms with E-state index in [1.807, 2.05) is 0 Å². The molecular weight excluding hydrogens is 258 g/mol. The molecule has 114 valence electrons. The SMILES string of the molecule is O=C(NC12CC3CC(CC(C3)C1)C2)OCCOCCO. The number of carbonyl (C=O) groups excluding carboxylic acids is 1. The van der Waals surface area contributed by atoms with Gasteiger partial charge in [-0.25, -0.2) is 4.79 Å². The van der Waals surface area contributed by atoms with Crippen molar-refractivity contribution in [2.45, 2.75) is 44.1 Å². The van der Waals surface area contributed by atoms with E-state index in [0.29, 0.717) is 13.2 Å². The van der Waals surface area contributed by atoms with E-state index in [2.05, 4.69) is 5.32 Å². The Morgan fingerprint density at radius 1 is 1.05 bits per heavy atom. The maximum atomic E-state index is 11.9. The van der Waals surface area contributed by atoms with Gasteiger partial charge < -0.3 is 19.9 Å². The second-order valence-corrected chi connectivity index (χ2v) is 6.79. The number of hydrogen-bond donors (Lipinski definition) is 2. The molecule has 4 bridgehead atoms. The van der Waals surface area contributed by atoms with Crippen molar-refractivity contribution in [1.82, 2.24) is 5.32 Å². The molecule has 0 unspecified atom stereocenters. The molecule has 2 N–H and O–H groups in total. The van der Waals surface area contributed by atoms with E-state index in [1.54, 1.807) is 0 Å².